The van der Waals surface area contributed by atoms with Crippen molar-refractivity contribution in [1.82, 2.24) is 15.1 Å². The van der Waals surface area contributed by atoms with Gasteiger partial charge in [-0.15, -0.1) is 0 Å². The lowest BCUT2D eigenvalue weighted by Gasteiger charge is -2.20. The van der Waals surface area contributed by atoms with Crippen LogP contribution in [0.4, 0.5) is 5.82 Å². The number of aliphatic hydroxyl groups is 1. The van der Waals surface area contributed by atoms with Crippen LogP contribution in [0.3, 0.4) is 0 Å². The summed E-state index contributed by atoms with van der Waals surface area (Å²) in [5.41, 5.74) is 2.25. The molecule has 1 heterocycles. The fraction of sp³-hybridized carbons (Fsp3) is 0.727. The number of aliphatic hydroxyl groups excluding tert-OH is 1. The van der Waals surface area contributed by atoms with E-state index < -0.39 is 0 Å². The lowest BCUT2D eigenvalue weighted by atomic mass is 10.2. The molecule has 16 heavy (non-hydrogen) atoms. The van der Waals surface area contributed by atoms with Gasteiger partial charge in [0.1, 0.15) is 5.82 Å². The largest absolute Gasteiger partial charge is 0.395 e. The average molecular weight is 226 g/mol. The molecule has 0 unspecified atom stereocenters. The second-order valence-corrected chi connectivity index (χ2v) is 3.94. The van der Waals surface area contributed by atoms with Gasteiger partial charge in [0.05, 0.1) is 12.3 Å². The summed E-state index contributed by atoms with van der Waals surface area (Å²) in [5.74, 6) is 1.08. The SMILES string of the molecule is CCNCc1c(C)nn(C)c1N(C)CCO. The van der Waals surface area contributed by atoms with Gasteiger partial charge in [-0.25, -0.2) is 0 Å². The number of nitrogens with one attached hydrogen (secondary N) is 1. The Hall–Kier alpha value is -1.07. The molecule has 0 amide bonds. The van der Waals surface area contributed by atoms with Crippen molar-refractivity contribution in [2.24, 2.45) is 7.05 Å². The molecule has 5 heteroatoms. The number of aromatic nitrogens is 2. The summed E-state index contributed by atoms with van der Waals surface area (Å²) in [7, 11) is 3.91. The van der Waals surface area contributed by atoms with Crippen LogP contribution < -0.4 is 10.2 Å². The summed E-state index contributed by atoms with van der Waals surface area (Å²) in [6, 6.07) is 0. The lowest BCUT2D eigenvalue weighted by molar-refractivity contribution is 0.303. The minimum absolute atomic E-state index is 0.154. The van der Waals surface area contributed by atoms with Crippen molar-refractivity contribution in [2.75, 3.05) is 31.6 Å². The van der Waals surface area contributed by atoms with Crippen molar-refractivity contribution in [3.8, 4) is 0 Å². The molecule has 0 aliphatic carbocycles. The second-order valence-electron chi connectivity index (χ2n) is 3.94. The van der Waals surface area contributed by atoms with E-state index in [9.17, 15) is 0 Å². The van der Waals surface area contributed by atoms with Crippen molar-refractivity contribution >= 4 is 5.82 Å². The van der Waals surface area contributed by atoms with Crippen molar-refractivity contribution < 1.29 is 5.11 Å². The highest BCUT2D eigenvalue weighted by atomic mass is 16.3. The van der Waals surface area contributed by atoms with E-state index in [0.29, 0.717) is 6.54 Å². The van der Waals surface area contributed by atoms with Crippen LogP contribution in [-0.2, 0) is 13.6 Å². The monoisotopic (exact) mass is 226 g/mol. The summed E-state index contributed by atoms with van der Waals surface area (Å²) in [6.07, 6.45) is 0. The molecule has 0 aliphatic heterocycles. The van der Waals surface area contributed by atoms with Crippen LogP contribution in [0.5, 0.6) is 0 Å². The van der Waals surface area contributed by atoms with Gasteiger partial charge in [0.15, 0.2) is 0 Å². The minimum atomic E-state index is 0.154. The highest BCUT2D eigenvalue weighted by Crippen LogP contribution is 2.21. The van der Waals surface area contributed by atoms with Gasteiger partial charge in [0, 0.05) is 32.7 Å². The van der Waals surface area contributed by atoms with E-state index in [1.165, 1.54) is 5.56 Å². The van der Waals surface area contributed by atoms with Crippen molar-refractivity contribution in [2.45, 2.75) is 20.4 Å². The van der Waals surface area contributed by atoms with Crippen LogP contribution in [0.15, 0.2) is 0 Å². The van der Waals surface area contributed by atoms with Crippen molar-refractivity contribution in [3.63, 3.8) is 0 Å². The minimum Gasteiger partial charge on any atom is -0.395 e. The van der Waals surface area contributed by atoms with Gasteiger partial charge in [-0.1, -0.05) is 6.92 Å². The lowest BCUT2D eigenvalue weighted by Crippen LogP contribution is -2.25. The van der Waals surface area contributed by atoms with Crippen molar-refractivity contribution in [3.05, 3.63) is 11.3 Å². The molecule has 0 saturated carbocycles. The zero-order valence-electron chi connectivity index (χ0n) is 10.6. The standard InChI is InChI=1S/C11H22N4O/c1-5-12-8-10-9(2)13-15(4)11(10)14(3)6-7-16/h12,16H,5-8H2,1-4H3. The quantitative estimate of drug-likeness (QED) is 0.731. The highest BCUT2D eigenvalue weighted by Gasteiger charge is 2.15. The first-order valence-electron chi connectivity index (χ1n) is 5.67. The summed E-state index contributed by atoms with van der Waals surface area (Å²) in [6.45, 7) is 6.64. The Morgan fingerprint density at radius 3 is 2.75 bits per heavy atom. The fourth-order valence-corrected chi connectivity index (χ4v) is 1.88. The molecule has 0 atom stereocenters. The Morgan fingerprint density at radius 2 is 2.19 bits per heavy atom. The molecule has 1 aromatic rings. The van der Waals surface area contributed by atoms with Crippen LogP contribution in [0.25, 0.3) is 0 Å². The fourth-order valence-electron chi connectivity index (χ4n) is 1.88. The Bertz CT molecular complexity index is 335. The average Bonchev–Trinajstić information content (AvgIpc) is 2.50. The predicted octanol–water partition coefficient (Wildman–Crippen LogP) is 0.267. The number of likely N-dealkylation sites (N-methyl/N-ethyl adjacent to an activating group) is 1. The zero-order chi connectivity index (χ0) is 12.1. The Kier molecular flexibility index (Phi) is 4.76. The third-order valence-electron chi connectivity index (χ3n) is 2.66. The molecule has 0 bridgehead atoms. The summed E-state index contributed by atoms with van der Waals surface area (Å²) >= 11 is 0. The topological polar surface area (TPSA) is 53.3 Å². The van der Waals surface area contributed by atoms with Gasteiger partial charge in [0.2, 0.25) is 0 Å². The first kappa shape index (κ1) is 13.0. The molecular formula is C11H22N4O. The molecule has 0 aliphatic rings. The molecule has 0 fully saturated rings. The molecule has 1 rings (SSSR count). The molecule has 0 saturated heterocycles. The van der Waals surface area contributed by atoms with Gasteiger partial charge >= 0.3 is 0 Å². The maximum Gasteiger partial charge on any atom is 0.131 e. The number of hydrogen-bond donors (Lipinski definition) is 2. The molecule has 0 aromatic carbocycles. The van der Waals surface area contributed by atoms with E-state index in [1.54, 1.807) is 0 Å². The van der Waals surface area contributed by atoms with Crippen molar-refractivity contribution in [1.29, 1.82) is 0 Å². The maximum absolute atomic E-state index is 8.98. The van der Waals surface area contributed by atoms with Gasteiger partial charge in [-0.2, -0.15) is 5.10 Å². The van der Waals surface area contributed by atoms with Gasteiger partial charge in [-0.3, -0.25) is 4.68 Å². The Balaban J connectivity index is 2.95. The molecule has 0 radical (unpaired) electrons. The number of anilines is 1. The third kappa shape index (κ3) is 2.74. The van der Waals surface area contributed by atoms with E-state index >= 15 is 0 Å². The normalized spacial score (nSPS) is 10.8. The molecule has 0 spiro atoms. The van der Waals surface area contributed by atoms with E-state index in [1.807, 2.05) is 30.6 Å². The van der Waals surface area contributed by atoms with Crippen LogP contribution in [0.1, 0.15) is 18.2 Å². The predicted molar refractivity (Wildman–Crippen MR) is 65.7 cm³/mol. The van der Waals surface area contributed by atoms with Gasteiger partial charge in [-0.05, 0) is 13.5 Å². The van der Waals surface area contributed by atoms with Crippen LogP contribution in [0.2, 0.25) is 0 Å². The Labute approximate surface area is 97.1 Å². The highest BCUT2D eigenvalue weighted by molar-refractivity contribution is 5.49. The van der Waals surface area contributed by atoms with E-state index in [4.69, 9.17) is 5.11 Å². The summed E-state index contributed by atoms with van der Waals surface area (Å²) in [4.78, 5) is 2.03. The van der Waals surface area contributed by atoms with Crippen LogP contribution in [-0.4, -0.2) is 41.6 Å². The molecule has 92 valence electrons. The molecule has 2 N–H and O–H groups in total. The molecular weight excluding hydrogens is 204 g/mol. The first-order chi connectivity index (χ1) is 7.61. The van der Waals surface area contributed by atoms with Crippen LogP contribution in [0, 0.1) is 6.92 Å². The smallest absolute Gasteiger partial charge is 0.131 e. The van der Waals surface area contributed by atoms with E-state index in [-0.39, 0.29) is 6.61 Å². The summed E-state index contributed by atoms with van der Waals surface area (Å²) < 4.78 is 1.87. The number of aryl methyl sites for hydroxylation is 2. The number of hydrogen-bond acceptors (Lipinski definition) is 4. The molecule has 5 nitrogen and oxygen atoms in total. The van der Waals surface area contributed by atoms with E-state index in [0.717, 1.165) is 24.6 Å². The maximum atomic E-state index is 8.98. The second kappa shape index (κ2) is 5.86. The van der Waals surface area contributed by atoms with Crippen LogP contribution >= 0.6 is 0 Å². The zero-order valence-corrected chi connectivity index (χ0v) is 10.6. The first-order valence-corrected chi connectivity index (χ1v) is 5.67. The van der Waals surface area contributed by atoms with Gasteiger partial charge in [0.25, 0.3) is 0 Å². The number of rotatable bonds is 6. The number of nitrogens with zero attached hydrogens (tertiary/aromatic N) is 3. The van der Waals surface area contributed by atoms with Gasteiger partial charge < -0.3 is 15.3 Å². The third-order valence-corrected chi connectivity index (χ3v) is 2.66. The van der Waals surface area contributed by atoms with E-state index in [2.05, 4.69) is 17.3 Å². The molecule has 1 aromatic heterocycles. The summed E-state index contributed by atoms with van der Waals surface area (Å²) in [5, 5.41) is 16.7. The Morgan fingerprint density at radius 1 is 1.50 bits per heavy atom.